The summed E-state index contributed by atoms with van der Waals surface area (Å²) in [5.41, 5.74) is 1.45. The molecule has 1 aromatic carbocycles. The van der Waals surface area contributed by atoms with E-state index in [9.17, 15) is 4.39 Å². The molecule has 0 fully saturated rings. The maximum absolute atomic E-state index is 13.3. The van der Waals surface area contributed by atoms with Crippen molar-refractivity contribution in [2.75, 3.05) is 6.54 Å². The highest BCUT2D eigenvalue weighted by atomic mass is 79.9. The predicted octanol–water partition coefficient (Wildman–Crippen LogP) is 3.74. The summed E-state index contributed by atoms with van der Waals surface area (Å²) in [6, 6.07) is 4.58. The van der Waals surface area contributed by atoms with Crippen molar-refractivity contribution in [3.8, 4) is 11.5 Å². The monoisotopic (exact) mass is 312 g/mol. The Morgan fingerprint density at radius 3 is 2.94 bits per heavy atom. The Labute approximate surface area is 114 Å². The molecule has 0 radical (unpaired) electrons. The molecule has 0 atom stereocenters. The van der Waals surface area contributed by atoms with Crippen LogP contribution in [0.3, 0.4) is 0 Å². The van der Waals surface area contributed by atoms with Gasteiger partial charge >= 0.3 is 0 Å². The van der Waals surface area contributed by atoms with Gasteiger partial charge in [0, 0.05) is 16.6 Å². The summed E-state index contributed by atoms with van der Waals surface area (Å²) in [4.78, 5) is 4.32. The lowest BCUT2D eigenvalue weighted by atomic mass is 10.2. The van der Waals surface area contributed by atoms with E-state index in [1.165, 1.54) is 12.1 Å². The molecule has 1 heterocycles. The normalized spacial score (nSPS) is 10.8. The average Bonchev–Trinajstić information content (AvgIpc) is 2.77. The van der Waals surface area contributed by atoms with Crippen molar-refractivity contribution in [1.29, 1.82) is 0 Å². The smallest absolute Gasteiger partial charge is 0.226 e. The molecule has 0 aliphatic heterocycles. The molecule has 0 bridgehead atoms. The molecule has 0 saturated carbocycles. The minimum absolute atomic E-state index is 0.316. The third kappa shape index (κ3) is 3.40. The van der Waals surface area contributed by atoms with Crippen LogP contribution in [0.4, 0.5) is 4.39 Å². The zero-order valence-electron chi connectivity index (χ0n) is 10.0. The molecule has 0 amide bonds. The van der Waals surface area contributed by atoms with E-state index in [0.29, 0.717) is 22.5 Å². The first-order valence-corrected chi connectivity index (χ1v) is 6.60. The number of aromatic nitrogens is 1. The van der Waals surface area contributed by atoms with Gasteiger partial charge in [-0.25, -0.2) is 9.37 Å². The highest BCUT2D eigenvalue weighted by Crippen LogP contribution is 2.24. The molecule has 5 heteroatoms. The van der Waals surface area contributed by atoms with E-state index < -0.39 is 0 Å². The van der Waals surface area contributed by atoms with E-state index in [4.69, 9.17) is 4.42 Å². The van der Waals surface area contributed by atoms with Gasteiger partial charge in [0.1, 0.15) is 12.1 Å². The predicted molar refractivity (Wildman–Crippen MR) is 71.6 cm³/mol. The molecule has 2 rings (SSSR count). The van der Waals surface area contributed by atoms with Crippen LogP contribution in [0.2, 0.25) is 0 Å². The summed E-state index contributed by atoms with van der Waals surface area (Å²) in [7, 11) is 0. The Morgan fingerprint density at radius 2 is 2.22 bits per heavy atom. The fourth-order valence-electron chi connectivity index (χ4n) is 1.59. The van der Waals surface area contributed by atoms with Crippen molar-refractivity contribution in [2.24, 2.45) is 0 Å². The van der Waals surface area contributed by atoms with Crippen LogP contribution < -0.4 is 5.32 Å². The zero-order valence-corrected chi connectivity index (χ0v) is 11.6. The fraction of sp³-hybridized carbons (Fsp3) is 0.308. The summed E-state index contributed by atoms with van der Waals surface area (Å²) in [6.45, 7) is 3.70. The fourth-order valence-corrected chi connectivity index (χ4v) is 2.06. The highest BCUT2D eigenvalue weighted by Gasteiger charge is 2.08. The average molecular weight is 313 g/mol. The molecule has 96 valence electrons. The van der Waals surface area contributed by atoms with Crippen molar-refractivity contribution in [3.63, 3.8) is 0 Å². The maximum Gasteiger partial charge on any atom is 0.226 e. The second-order valence-electron chi connectivity index (χ2n) is 3.98. The van der Waals surface area contributed by atoms with Gasteiger partial charge in [0.15, 0.2) is 0 Å². The van der Waals surface area contributed by atoms with Crippen LogP contribution in [0.1, 0.15) is 19.0 Å². The van der Waals surface area contributed by atoms with Gasteiger partial charge < -0.3 is 9.73 Å². The largest absolute Gasteiger partial charge is 0.444 e. The van der Waals surface area contributed by atoms with Gasteiger partial charge in [0.25, 0.3) is 0 Å². The number of rotatable bonds is 5. The van der Waals surface area contributed by atoms with Gasteiger partial charge in [0.05, 0.1) is 5.69 Å². The van der Waals surface area contributed by atoms with Gasteiger partial charge in [-0.2, -0.15) is 0 Å². The lowest BCUT2D eigenvalue weighted by molar-refractivity contribution is 0.568. The molecule has 0 aliphatic rings. The molecule has 18 heavy (non-hydrogen) atoms. The number of nitrogens with zero attached hydrogens (tertiary/aromatic N) is 1. The zero-order chi connectivity index (χ0) is 13.0. The van der Waals surface area contributed by atoms with Crippen LogP contribution >= 0.6 is 15.9 Å². The standard InChI is InChI=1S/C13H14BrFN2O/c1-2-3-16-7-12-8-18-13(17-12)9-4-10(14)6-11(15)5-9/h4-6,8,16H,2-3,7H2,1H3. The first-order valence-electron chi connectivity index (χ1n) is 5.80. The second kappa shape index (κ2) is 6.11. The molecule has 3 nitrogen and oxygen atoms in total. The van der Waals surface area contributed by atoms with E-state index in [0.717, 1.165) is 18.7 Å². The Hall–Kier alpha value is -1.20. The second-order valence-corrected chi connectivity index (χ2v) is 4.89. The molecular weight excluding hydrogens is 299 g/mol. The van der Waals surface area contributed by atoms with E-state index >= 15 is 0 Å². The highest BCUT2D eigenvalue weighted by molar-refractivity contribution is 9.10. The van der Waals surface area contributed by atoms with E-state index in [1.54, 1.807) is 12.3 Å². The molecule has 0 saturated heterocycles. The minimum atomic E-state index is -0.316. The Kier molecular flexibility index (Phi) is 4.49. The van der Waals surface area contributed by atoms with Crippen molar-refractivity contribution < 1.29 is 8.81 Å². The van der Waals surface area contributed by atoms with Crippen LogP contribution in [-0.2, 0) is 6.54 Å². The number of hydrogen-bond donors (Lipinski definition) is 1. The van der Waals surface area contributed by atoms with Crippen LogP contribution in [0, 0.1) is 5.82 Å². The summed E-state index contributed by atoms with van der Waals surface area (Å²) in [6.07, 6.45) is 2.67. The first kappa shape index (κ1) is 13.2. The molecular formula is C13H14BrFN2O. The van der Waals surface area contributed by atoms with Crippen molar-refractivity contribution in [3.05, 3.63) is 40.4 Å². The van der Waals surface area contributed by atoms with Crippen molar-refractivity contribution >= 4 is 15.9 Å². The SMILES string of the molecule is CCCNCc1coc(-c2cc(F)cc(Br)c2)n1. The molecule has 0 aliphatic carbocycles. The summed E-state index contributed by atoms with van der Waals surface area (Å²) < 4.78 is 19.3. The van der Waals surface area contributed by atoms with Crippen molar-refractivity contribution in [2.45, 2.75) is 19.9 Å². The Morgan fingerprint density at radius 1 is 1.39 bits per heavy atom. The van der Waals surface area contributed by atoms with Gasteiger partial charge in [0.2, 0.25) is 5.89 Å². The van der Waals surface area contributed by atoms with Crippen molar-refractivity contribution in [1.82, 2.24) is 10.3 Å². The van der Waals surface area contributed by atoms with Gasteiger partial charge in [-0.15, -0.1) is 0 Å². The van der Waals surface area contributed by atoms with Crippen LogP contribution in [-0.4, -0.2) is 11.5 Å². The Balaban J connectivity index is 2.13. The number of halogens is 2. The number of hydrogen-bond acceptors (Lipinski definition) is 3. The summed E-state index contributed by atoms with van der Waals surface area (Å²) in [5.74, 6) is 0.117. The summed E-state index contributed by atoms with van der Waals surface area (Å²) in [5, 5.41) is 3.23. The number of nitrogens with one attached hydrogen (secondary N) is 1. The first-order chi connectivity index (χ1) is 8.69. The third-order valence-corrected chi connectivity index (χ3v) is 2.85. The molecule has 2 aromatic rings. The van der Waals surface area contributed by atoms with E-state index in [2.05, 4.69) is 33.2 Å². The van der Waals surface area contributed by atoms with E-state index in [-0.39, 0.29) is 5.82 Å². The third-order valence-electron chi connectivity index (χ3n) is 2.39. The lowest BCUT2D eigenvalue weighted by Crippen LogP contribution is -2.13. The Bertz CT molecular complexity index is 507. The summed E-state index contributed by atoms with van der Waals surface area (Å²) >= 11 is 3.25. The van der Waals surface area contributed by atoms with Gasteiger partial charge in [-0.05, 0) is 31.2 Å². The minimum Gasteiger partial charge on any atom is -0.444 e. The lowest BCUT2D eigenvalue weighted by Gasteiger charge is -1.98. The quantitative estimate of drug-likeness (QED) is 0.855. The van der Waals surface area contributed by atoms with E-state index in [1.807, 2.05) is 0 Å². The van der Waals surface area contributed by atoms with Crippen LogP contribution in [0.15, 0.2) is 33.4 Å². The van der Waals surface area contributed by atoms with Crippen LogP contribution in [0.25, 0.3) is 11.5 Å². The molecule has 1 N–H and O–H groups in total. The van der Waals surface area contributed by atoms with Gasteiger partial charge in [-0.1, -0.05) is 22.9 Å². The maximum atomic E-state index is 13.3. The molecule has 0 unspecified atom stereocenters. The van der Waals surface area contributed by atoms with Gasteiger partial charge in [-0.3, -0.25) is 0 Å². The van der Waals surface area contributed by atoms with Crippen LogP contribution in [0.5, 0.6) is 0 Å². The topological polar surface area (TPSA) is 38.1 Å². The molecule has 0 spiro atoms. The molecule has 1 aromatic heterocycles. The number of oxazole rings is 1. The number of benzene rings is 1.